The van der Waals surface area contributed by atoms with E-state index in [2.05, 4.69) is 10.3 Å². The average molecular weight is 149 g/mol. The Kier molecular flexibility index (Phi) is 10.4. The lowest BCUT2D eigenvalue weighted by Crippen LogP contribution is -1.88. The van der Waals surface area contributed by atoms with Crippen molar-refractivity contribution in [3.63, 3.8) is 0 Å². The summed E-state index contributed by atoms with van der Waals surface area (Å²) in [4.78, 5) is 3.99. The highest BCUT2D eigenvalue weighted by Gasteiger charge is 1.79. The van der Waals surface area contributed by atoms with Crippen LogP contribution in [0, 0.1) is 0 Å². The molecule has 0 aliphatic heterocycles. The molecule has 3 radical (unpaired) electrons. The predicted octanol–water partition coefficient (Wildman–Crippen LogP) is 1.77. The number of aromatic nitrogens is 1. The van der Waals surface area contributed by atoms with Crippen LogP contribution in [0.2, 0.25) is 0 Å². The second-order valence-electron chi connectivity index (χ2n) is 1.46. The maximum Gasteiger partial charge on any atom is 0.125 e. The average Bonchev–Trinajstić information content (AvgIpc) is 2.10. The van der Waals surface area contributed by atoms with Gasteiger partial charge in [-0.05, 0) is 12.1 Å². The maximum atomic E-state index is 3.99. The first kappa shape index (κ1) is 12.7. The second kappa shape index (κ2) is 9.01. The number of hydrogen-bond donors (Lipinski definition) is 1. The third-order valence-corrected chi connectivity index (χ3v) is 0.921. The lowest BCUT2D eigenvalue weighted by atomic mass is 10.5. The second-order valence-corrected chi connectivity index (χ2v) is 1.46. The van der Waals surface area contributed by atoms with Gasteiger partial charge in [0.1, 0.15) is 5.82 Å². The number of nitrogens with zero attached hydrogens (tertiary/aromatic N) is 1. The maximum absolute atomic E-state index is 3.99. The van der Waals surface area contributed by atoms with Crippen molar-refractivity contribution in [3.8, 4) is 0 Å². The van der Waals surface area contributed by atoms with Crippen molar-refractivity contribution in [2.24, 2.45) is 0 Å². The molecule has 0 fully saturated rings. The fraction of sp³-hybridized carbons (Fsp3) is 0.375. The molecule has 0 bridgehead atoms. The van der Waals surface area contributed by atoms with E-state index in [1.54, 1.807) is 6.20 Å². The van der Waals surface area contributed by atoms with Crippen LogP contribution < -0.4 is 5.32 Å². The molecule has 0 amide bonds. The van der Waals surface area contributed by atoms with Gasteiger partial charge in [-0.3, -0.25) is 0 Å². The van der Waals surface area contributed by atoms with Gasteiger partial charge in [-0.25, -0.2) is 4.98 Å². The minimum atomic E-state index is 0. The molecular formula is C8H14BN2. The molecule has 3 heteroatoms. The van der Waals surface area contributed by atoms with Crippen LogP contribution >= 0.6 is 0 Å². The van der Waals surface area contributed by atoms with Crippen LogP contribution in [-0.2, 0) is 0 Å². The molecule has 0 aromatic carbocycles. The van der Waals surface area contributed by atoms with Crippen molar-refractivity contribution in [3.05, 3.63) is 24.4 Å². The highest BCUT2D eigenvalue weighted by atomic mass is 14.9. The van der Waals surface area contributed by atoms with E-state index in [1.807, 2.05) is 39.1 Å². The Labute approximate surface area is 70.6 Å². The summed E-state index contributed by atoms with van der Waals surface area (Å²) in [6.07, 6.45) is 1.76. The van der Waals surface area contributed by atoms with E-state index in [0.717, 1.165) is 5.82 Å². The number of nitrogens with one attached hydrogen (secondary N) is 1. The molecule has 11 heavy (non-hydrogen) atoms. The summed E-state index contributed by atoms with van der Waals surface area (Å²) in [5.74, 6) is 0.910. The van der Waals surface area contributed by atoms with E-state index in [4.69, 9.17) is 0 Å². The molecule has 1 aromatic heterocycles. The third-order valence-electron chi connectivity index (χ3n) is 0.921. The molecule has 0 aliphatic rings. The van der Waals surface area contributed by atoms with Gasteiger partial charge < -0.3 is 5.32 Å². The van der Waals surface area contributed by atoms with Gasteiger partial charge in [0.25, 0.3) is 0 Å². The fourth-order valence-electron chi connectivity index (χ4n) is 0.511. The van der Waals surface area contributed by atoms with Crippen LogP contribution in [-0.4, -0.2) is 20.4 Å². The summed E-state index contributed by atoms with van der Waals surface area (Å²) in [5, 5.41) is 2.92. The van der Waals surface area contributed by atoms with Gasteiger partial charge in [0.15, 0.2) is 0 Å². The molecule has 59 valence electrons. The molecule has 0 unspecified atom stereocenters. The molecule has 1 N–H and O–H groups in total. The first-order valence-corrected chi connectivity index (χ1v) is 3.52. The molecule has 0 spiro atoms. The highest BCUT2D eigenvalue weighted by molar-refractivity contribution is 5.75. The molecule has 1 aromatic rings. The standard InChI is InChI=1S/C6H8N2.C2H6.B/c1-7-6-4-2-3-5-8-6;1-2;/h2-5H,1H3,(H,7,8);1-2H3;. The van der Waals surface area contributed by atoms with E-state index in [9.17, 15) is 0 Å². The SMILES string of the molecule is CC.CNc1ccccn1.[B]. The Morgan fingerprint density at radius 3 is 2.18 bits per heavy atom. The number of hydrogen-bond acceptors (Lipinski definition) is 2. The van der Waals surface area contributed by atoms with Gasteiger partial charge in [0.05, 0.1) is 0 Å². The van der Waals surface area contributed by atoms with Gasteiger partial charge in [0, 0.05) is 21.7 Å². The van der Waals surface area contributed by atoms with Crippen LogP contribution in [0.4, 0.5) is 5.82 Å². The third kappa shape index (κ3) is 5.46. The van der Waals surface area contributed by atoms with Crippen molar-refractivity contribution in [2.75, 3.05) is 12.4 Å². The predicted molar refractivity (Wildman–Crippen MR) is 50.9 cm³/mol. The van der Waals surface area contributed by atoms with Crippen LogP contribution in [0.3, 0.4) is 0 Å². The molecule has 1 heterocycles. The van der Waals surface area contributed by atoms with Crippen molar-refractivity contribution in [1.82, 2.24) is 4.98 Å². The van der Waals surface area contributed by atoms with Gasteiger partial charge in [-0.1, -0.05) is 19.9 Å². The van der Waals surface area contributed by atoms with Crippen molar-refractivity contribution in [2.45, 2.75) is 13.8 Å². The van der Waals surface area contributed by atoms with E-state index in [-0.39, 0.29) is 8.41 Å². The van der Waals surface area contributed by atoms with Crippen molar-refractivity contribution >= 4 is 14.2 Å². The van der Waals surface area contributed by atoms with Crippen LogP contribution in [0.25, 0.3) is 0 Å². The Bertz CT molecular complexity index is 153. The summed E-state index contributed by atoms with van der Waals surface area (Å²) in [7, 11) is 1.85. The zero-order valence-electron chi connectivity index (χ0n) is 7.33. The van der Waals surface area contributed by atoms with Crippen molar-refractivity contribution < 1.29 is 0 Å². The van der Waals surface area contributed by atoms with Gasteiger partial charge >= 0.3 is 0 Å². The van der Waals surface area contributed by atoms with Gasteiger partial charge in [0.2, 0.25) is 0 Å². The minimum absolute atomic E-state index is 0. The molecule has 2 nitrogen and oxygen atoms in total. The summed E-state index contributed by atoms with van der Waals surface area (Å²) in [6.45, 7) is 4.00. The topological polar surface area (TPSA) is 24.9 Å². The van der Waals surface area contributed by atoms with E-state index >= 15 is 0 Å². The van der Waals surface area contributed by atoms with Crippen LogP contribution in [0.5, 0.6) is 0 Å². The quantitative estimate of drug-likeness (QED) is 0.615. The fourth-order valence-corrected chi connectivity index (χ4v) is 0.511. The monoisotopic (exact) mass is 149 g/mol. The molecule has 0 aliphatic carbocycles. The molecule has 0 atom stereocenters. The number of pyridine rings is 1. The molecular weight excluding hydrogens is 135 g/mol. The lowest BCUT2D eigenvalue weighted by Gasteiger charge is -1.92. The summed E-state index contributed by atoms with van der Waals surface area (Å²) in [5.41, 5.74) is 0. The van der Waals surface area contributed by atoms with E-state index < -0.39 is 0 Å². The first-order valence-electron chi connectivity index (χ1n) is 3.52. The van der Waals surface area contributed by atoms with Crippen molar-refractivity contribution in [1.29, 1.82) is 0 Å². The molecule has 0 saturated heterocycles. The van der Waals surface area contributed by atoms with Gasteiger partial charge in [-0.15, -0.1) is 0 Å². The lowest BCUT2D eigenvalue weighted by molar-refractivity contribution is 1.29. The Hall–Kier alpha value is -0.985. The largest absolute Gasteiger partial charge is 0.373 e. The molecule has 0 saturated carbocycles. The Morgan fingerprint density at radius 2 is 1.91 bits per heavy atom. The Morgan fingerprint density at radius 1 is 1.27 bits per heavy atom. The van der Waals surface area contributed by atoms with Crippen LogP contribution in [0.15, 0.2) is 24.4 Å². The number of rotatable bonds is 1. The summed E-state index contributed by atoms with van der Waals surface area (Å²) >= 11 is 0. The molecule has 1 rings (SSSR count). The number of anilines is 1. The Balaban J connectivity index is 0. The normalized spacial score (nSPS) is 6.82. The van der Waals surface area contributed by atoms with E-state index in [0.29, 0.717) is 0 Å². The van der Waals surface area contributed by atoms with Gasteiger partial charge in [-0.2, -0.15) is 0 Å². The van der Waals surface area contributed by atoms with Crippen LogP contribution in [0.1, 0.15) is 13.8 Å². The smallest absolute Gasteiger partial charge is 0.125 e. The highest BCUT2D eigenvalue weighted by Crippen LogP contribution is 1.95. The summed E-state index contributed by atoms with van der Waals surface area (Å²) in [6, 6.07) is 5.75. The van der Waals surface area contributed by atoms with E-state index in [1.165, 1.54) is 0 Å². The zero-order valence-corrected chi connectivity index (χ0v) is 7.33. The minimum Gasteiger partial charge on any atom is -0.373 e. The zero-order chi connectivity index (χ0) is 7.82. The summed E-state index contributed by atoms with van der Waals surface area (Å²) < 4.78 is 0. The first-order chi connectivity index (χ1) is 4.93.